The highest BCUT2D eigenvalue weighted by atomic mass is 16.4. The van der Waals surface area contributed by atoms with Crippen molar-refractivity contribution in [1.82, 2.24) is 14.5 Å². The zero-order valence-corrected chi connectivity index (χ0v) is 11.4. The van der Waals surface area contributed by atoms with E-state index in [4.69, 9.17) is 4.42 Å². The summed E-state index contributed by atoms with van der Waals surface area (Å²) >= 11 is 0. The van der Waals surface area contributed by atoms with Crippen LogP contribution in [0, 0.1) is 0 Å². The monoisotopic (exact) mass is 293 g/mol. The molecule has 0 aliphatic carbocycles. The van der Waals surface area contributed by atoms with Crippen LogP contribution in [0.4, 0.5) is 0 Å². The number of rotatable bonds is 3. The second-order valence-electron chi connectivity index (χ2n) is 4.95. The zero-order chi connectivity index (χ0) is 15.1. The predicted molar refractivity (Wildman–Crippen MR) is 80.9 cm³/mol. The van der Waals surface area contributed by atoms with Crippen molar-refractivity contribution in [3.05, 3.63) is 64.9 Å². The molecule has 108 valence electrons. The lowest BCUT2D eigenvalue weighted by molar-refractivity contribution is 0.0972. The highest BCUT2D eigenvalue weighted by Gasteiger charge is 2.17. The number of para-hydroxylation sites is 1. The summed E-state index contributed by atoms with van der Waals surface area (Å²) in [7, 11) is 0. The fourth-order valence-electron chi connectivity index (χ4n) is 2.57. The van der Waals surface area contributed by atoms with Crippen molar-refractivity contribution in [2.75, 3.05) is 0 Å². The van der Waals surface area contributed by atoms with Crippen LogP contribution < -0.4 is 5.76 Å². The first-order valence-electron chi connectivity index (χ1n) is 6.78. The van der Waals surface area contributed by atoms with Gasteiger partial charge in [0.25, 0.3) is 0 Å². The first-order chi connectivity index (χ1) is 10.7. The van der Waals surface area contributed by atoms with Crippen LogP contribution in [0.15, 0.2) is 58.0 Å². The largest absolute Gasteiger partial charge is 0.421 e. The highest BCUT2D eigenvalue weighted by molar-refractivity contribution is 6.07. The maximum atomic E-state index is 12.5. The van der Waals surface area contributed by atoms with Crippen molar-refractivity contribution in [1.29, 1.82) is 0 Å². The van der Waals surface area contributed by atoms with Gasteiger partial charge in [-0.15, -0.1) is 0 Å². The summed E-state index contributed by atoms with van der Waals surface area (Å²) < 4.78 is 6.34. The lowest BCUT2D eigenvalue weighted by Crippen LogP contribution is -2.20. The number of aromatic amines is 1. The quantitative estimate of drug-likeness (QED) is 0.588. The van der Waals surface area contributed by atoms with E-state index in [9.17, 15) is 9.59 Å². The molecule has 0 amide bonds. The van der Waals surface area contributed by atoms with E-state index in [0.29, 0.717) is 16.8 Å². The smallest absolute Gasteiger partial charge is 0.406 e. The Morgan fingerprint density at radius 1 is 1.23 bits per heavy atom. The molecule has 0 saturated carbocycles. The summed E-state index contributed by atoms with van der Waals surface area (Å²) in [5, 5.41) is 0.835. The molecule has 0 atom stereocenters. The fraction of sp³-hybridized carbons (Fsp3) is 0.0625. The number of Topliss-reactive ketones (excluding diaryl/α,β-unsaturated/α-hetero) is 1. The van der Waals surface area contributed by atoms with Crippen molar-refractivity contribution >= 4 is 27.9 Å². The number of fused-ring (bicyclic) bond motifs is 2. The first-order valence-corrected chi connectivity index (χ1v) is 6.78. The number of H-pyrrole nitrogens is 1. The molecule has 3 heterocycles. The summed E-state index contributed by atoms with van der Waals surface area (Å²) in [6, 6.07) is 10.9. The topological polar surface area (TPSA) is 80.9 Å². The van der Waals surface area contributed by atoms with Gasteiger partial charge < -0.3 is 9.40 Å². The van der Waals surface area contributed by atoms with Gasteiger partial charge in [-0.05, 0) is 18.2 Å². The van der Waals surface area contributed by atoms with Crippen molar-refractivity contribution in [2.45, 2.75) is 6.54 Å². The van der Waals surface area contributed by atoms with E-state index in [-0.39, 0.29) is 12.3 Å². The molecule has 1 aromatic carbocycles. The lowest BCUT2D eigenvalue weighted by atomic mass is 10.1. The van der Waals surface area contributed by atoms with E-state index in [1.807, 2.05) is 24.3 Å². The van der Waals surface area contributed by atoms with E-state index in [2.05, 4.69) is 9.97 Å². The summed E-state index contributed by atoms with van der Waals surface area (Å²) in [6.45, 7) is -0.106. The Morgan fingerprint density at radius 3 is 3.00 bits per heavy atom. The predicted octanol–water partition coefficient (Wildman–Crippen LogP) is 2.35. The Kier molecular flexibility index (Phi) is 2.69. The van der Waals surface area contributed by atoms with Crippen LogP contribution >= 0.6 is 0 Å². The molecule has 22 heavy (non-hydrogen) atoms. The number of oxazole rings is 1. The minimum atomic E-state index is -0.582. The zero-order valence-electron chi connectivity index (χ0n) is 11.4. The summed E-state index contributed by atoms with van der Waals surface area (Å²) in [5.41, 5.74) is 2.18. The number of ketones is 1. The average molecular weight is 293 g/mol. The Hall–Kier alpha value is -3.15. The minimum absolute atomic E-state index is 0.106. The molecule has 4 aromatic rings. The normalized spacial score (nSPS) is 11.3. The standard InChI is InChI=1S/C16H11N3O3/c20-13(11-8-18-12-5-2-1-4-10(11)12)9-19-15-14(22-16(19)21)6-3-7-17-15/h1-8,18H,9H2. The van der Waals surface area contributed by atoms with E-state index >= 15 is 0 Å². The average Bonchev–Trinajstić information content (AvgIpc) is 3.09. The summed E-state index contributed by atoms with van der Waals surface area (Å²) in [5.74, 6) is -0.755. The van der Waals surface area contributed by atoms with Crippen LogP contribution in [-0.2, 0) is 6.54 Å². The minimum Gasteiger partial charge on any atom is -0.406 e. The van der Waals surface area contributed by atoms with Gasteiger partial charge in [0, 0.05) is 28.9 Å². The van der Waals surface area contributed by atoms with Crippen LogP contribution in [0.2, 0.25) is 0 Å². The summed E-state index contributed by atoms with van der Waals surface area (Å²) in [4.78, 5) is 31.6. The van der Waals surface area contributed by atoms with Crippen LogP contribution in [-0.4, -0.2) is 20.3 Å². The molecule has 0 fully saturated rings. The molecule has 0 spiro atoms. The Labute approximate surface area is 124 Å². The molecule has 4 rings (SSSR count). The van der Waals surface area contributed by atoms with E-state index < -0.39 is 5.76 Å². The lowest BCUT2D eigenvalue weighted by Gasteiger charge is -2.00. The van der Waals surface area contributed by atoms with Gasteiger partial charge in [0.1, 0.15) is 0 Å². The maximum absolute atomic E-state index is 12.5. The third kappa shape index (κ3) is 1.85. The van der Waals surface area contributed by atoms with Gasteiger partial charge in [-0.25, -0.2) is 9.78 Å². The van der Waals surface area contributed by atoms with Gasteiger partial charge in [0.05, 0.1) is 6.54 Å². The number of aromatic nitrogens is 3. The molecule has 6 nitrogen and oxygen atoms in total. The second-order valence-corrected chi connectivity index (χ2v) is 4.95. The number of benzene rings is 1. The number of hydrogen-bond donors (Lipinski definition) is 1. The van der Waals surface area contributed by atoms with Crippen LogP contribution in [0.3, 0.4) is 0 Å². The number of carbonyl (C=O) groups is 1. The Morgan fingerprint density at radius 2 is 2.09 bits per heavy atom. The molecule has 3 aromatic heterocycles. The van der Waals surface area contributed by atoms with Crippen molar-refractivity contribution in [3.63, 3.8) is 0 Å². The van der Waals surface area contributed by atoms with Gasteiger partial charge >= 0.3 is 5.76 Å². The van der Waals surface area contributed by atoms with Gasteiger partial charge in [0.15, 0.2) is 17.0 Å². The van der Waals surface area contributed by atoms with Crippen LogP contribution in [0.25, 0.3) is 22.1 Å². The Bertz CT molecular complexity index is 1060. The molecule has 1 N–H and O–H groups in total. The Balaban J connectivity index is 1.78. The molecular formula is C16H11N3O3. The third-order valence-electron chi connectivity index (χ3n) is 3.62. The highest BCUT2D eigenvalue weighted by Crippen LogP contribution is 2.19. The molecule has 0 unspecified atom stereocenters. The molecule has 0 saturated heterocycles. The van der Waals surface area contributed by atoms with Gasteiger partial charge in [-0.3, -0.25) is 9.36 Å². The molecule has 0 aliphatic heterocycles. The van der Waals surface area contributed by atoms with Gasteiger partial charge in [-0.2, -0.15) is 0 Å². The number of carbonyl (C=O) groups excluding carboxylic acids is 1. The SMILES string of the molecule is O=C(Cn1c(=O)oc2cccnc21)c1c[nH]c2ccccc12. The number of pyridine rings is 1. The van der Waals surface area contributed by atoms with Crippen LogP contribution in [0.1, 0.15) is 10.4 Å². The molecule has 0 aliphatic rings. The molecule has 0 bridgehead atoms. The van der Waals surface area contributed by atoms with E-state index in [0.717, 1.165) is 10.9 Å². The number of nitrogens with zero attached hydrogens (tertiary/aromatic N) is 2. The summed E-state index contributed by atoms with van der Waals surface area (Å²) in [6.07, 6.45) is 3.22. The van der Waals surface area contributed by atoms with Gasteiger partial charge in [0.2, 0.25) is 0 Å². The van der Waals surface area contributed by atoms with E-state index in [1.54, 1.807) is 24.5 Å². The second kappa shape index (κ2) is 4.70. The number of hydrogen-bond acceptors (Lipinski definition) is 4. The molecule has 0 radical (unpaired) electrons. The fourth-order valence-corrected chi connectivity index (χ4v) is 2.57. The van der Waals surface area contributed by atoms with Crippen molar-refractivity contribution < 1.29 is 9.21 Å². The van der Waals surface area contributed by atoms with E-state index in [1.165, 1.54) is 4.57 Å². The molecule has 6 heteroatoms. The van der Waals surface area contributed by atoms with Gasteiger partial charge in [-0.1, -0.05) is 18.2 Å². The van der Waals surface area contributed by atoms with Crippen molar-refractivity contribution in [3.8, 4) is 0 Å². The maximum Gasteiger partial charge on any atom is 0.421 e. The van der Waals surface area contributed by atoms with Crippen molar-refractivity contribution in [2.24, 2.45) is 0 Å². The first kappa shape index (κ1) is 12.6. The number of nitrogens with one attached hydrogen (secondary N) is 1. The van der Waals surface area contributed by atoms with Crippen LogP contribution in [0.5, 0.6) is 0 Å². The third-order valence-corrected chi connectivity index (χ3v) is 3.62. The molecular weight excluding hydrogens is 282 g/mol.